The summed E-state index contributed by atoms with van der Waals surface area (Å²) in [7, 11) is 1.53. The van der Waals surface area contributed by atoms with Crippen molar-refractivity contribution in [1.82, 2.24) is 4.90 Å². The number of likely N-dealkylation sites (N-methyl/N-ethyl adjacent to an activating group) is 1. The third-order valence-electron chi connectivity index (χ3n) is 2.62. The Balaban J connectivity index is 2.25. The van der Waals surface area contributed by atoms with Gasteiger partial charge in [-0.05, 0) is 31.3 Å². The van der Waals surface area contributed by atoms with E-state index < -0.39 is 18.7 Å². The number of benzene rings is 1. The Morgan fingerprint density at radius 2 is 1.90 bits per heavy atom. The molecule has 1 aromatic rings. The van der Waals surface area contributed by atoms with Gasteiger partial charge in [-0.25, -0.2) is 0 Å². The van der Waals surface area contributed by atoms with Crippen LogP contribution in [-0.2, 0) is 0 Å². The van der Waals surface area contributed by atoms with Gasteiger partial charge in [-0.1, -0.05) is 0 Å². The number of nitrogens with two attached hydrogens (primary N) is 1. The lowest BCUT2D eigenvalue weighted by Gasteiger charge is -2.21. The van der Waals surface area contributed by atoms with Crippen molar-refractivity contribution in [1.29, 1.82) is 0 Å². The van der Waals surface area contributed by atoms with Crippen molar-refractivity contribution in [2.24, 2.45) is 0 Å². The molecule has 0 aliphatic carbocycles. The summed E-state index contributed by atoms with van der Waals surface area (Å²) in [6.07, 6.45) is -5.93. The van der Waals surface area contributed by atoms with Crippen molar-refractivity contribution in [3.05, 3.63) is 24.3 Å². The van der Waals surface area contributed by atoms with E-state index in [1.807, 2.05) is 0 Å². The third kappa shape index (κ3) is 7.20. The number of anilines is 1. The van der Waals surface area contributed by atoms with Crippen LogP contribution in [-0.4, -0.2) is 49.0 Å². The van der Waals surface area contributed by atoms with Crippen LogP contribution < -0.4 is 10.5 Å². The van der Waals surface area contributed by atoms with Gasteiger partial charge in [0, 0.05) is 18.8 Å². The predicted molar refractivity (Wildman–Crippen MR) is 70.5 cm³/mol. The van der Waals surface area contributed by atoms with Crippen molar-refractivity contribution < 1.29 is 23.0 Å². The molecule has 0 aliphatic rings. The fraction of sp³-hybridized carbons (Fsp3) is 0.538. The molecule has 20 heavy (non-hydrogen) atoms. The van der Waals surface area contributed by atoms with E-state index >= 15 is 0 Å². The van der Waals surface area contributed by atoms with Gasteiger partial charge in [0.2, 0.25) is 0 Å². The molecule has 4 nitrogen and oxygen atoms in total. The minimum atomic E-state index is -4.18. The maximum absolute atomic E-state index is 12.0. The molecule has 0 aromatic heterocycles. The molecular weight excluding hydrogens is 273 g/mol. The number of hydrogen-bond donors (Lipinski definition) is 2. The molecule has 0 saturated heterocycles. The maximum atomic E-state index is 12.0. The Bertz CT molecular complexity index is 396. The summed E-state index contributed by atoms with van der Waals surface area (Å²) in [5.74, 6) is 0.552. The van der Waals surface area contributed by atoms with E-state index in [9.17, 15) is 18.3 Å². The van der Waals surface area contributed by atoms with Crippen LogP contribution in [0.25, 0.3) is 0 Å². The number of aliphatic hydroxyl groups is 1. The average Bonchev–Trinajstić information content (AvgIpc) is 2.35. The van der Waals surface area contributed by atoms with E-state index in [2.05, 4.69) is 0 Å². The van der Waals surface area contributed by atoms with Crippen LogP contribution in [0.1, 0.15) is 6.42 Å². The van der Waals surface area contributed by atoms with E-state index in [-0.39, 0.29) is 19.7 Å². The first-order chi connectivity index (χ1) is 9.26. The van der Waals surface area contributed by atoms with Gasteiger partial charge >= 0.3 is 6.18 Å². The second-order valence-electron chi connectivity index (χ2n) is 4.66. The number of halogens is 3. The molecule has 1 aromatic carbocycles. The van der Waals surface area contributed by atoms with E-state index in [0.29, 0.717) is 11.4 Å². The number of alkyl halides is 3. The molecule has 0 fully saturated rings. The second kappa shape index (κ2) is 7.35. The molecule has 1 unspecified atom stereocenters. The standard InChI is InChI=1S/C13H19F3N2O2/c1-18(7-6-13(14,15)16)8-11(19)9-20-12-4-2-10(17)3-5-12/h2-5,11,19H,6-9,17H2,1H3. The van der Waals surface area contributed by atoms with Crippen LogP contribution in [0.2, 0.25) is 0 Å². The normalized spacial score (nSPS) is 13.5. The number of aliphatic hydroxyl groups excluding tert-OH is 1. The van der Waals surface area contributed by atoms with E-state index in [1.54, 1.807) is 24.3 Å². The zero-order valence-electron chi connectivity index (χ0n) is 11.2. The quantitative estimate of drug-likeness (QED) is 0.754. The smallest absolute Gasteiger partial charge is 0.390 e. The summed E-state index contributed by atoms with van der Waals surface area (Å²) < 4.78 is 41.4. The summed E-state index contributed by atoms with van der Waals surface area (Å²) in [6.45, 7) is -0.0201. The first-order valence-electron chi connectivity index (χ1n) is 6.18. The van der Waals surface area contributed by atoms with Crippen molar-refractivity contribution in [3.8, 4) is 5.75 Å². The van der Waals surface area contributed by atoms with E-state index in [4.69, 9.17) is 10.5 Å². The topological polar surface area (TPSA) is 58.7 Å². The van der Waals surface area contributed by atoms with E-state index in [0.717, 1.165) is 0 Å². The van der Waals surface area contributed by atoms with Crippen LogP contribution in [0.3, 0.4) is 0 Å². The highest BCUT2D eigenvalue weighted by atomic mass is 19.4. The summed E-state index contributed by atoms with van der Waals surface area (Å²) in [5, 5.41) is 9.69. The molecule has 0 radical (unpaired) electrons. The number of nitrogens with zero attached hydrogens (tertiary/aromatic N) is 1. The molecule has 0 bridgehead atoms. The molecular formula is C13H19F3N2O2. The predicted octanol–water partition coefficient (Wildman–Crippen LogP) is 1.89. The molecule has 3 N–H and O–H groups in total. The van der Waals surface area contributed by atoms with Gasteiger partial charge in [0.05, 0.1) is 6.42 Å². The van der Waals surface area contributed by atoms with Gasteiger partial charge in [-0.2, -0.15) is 13.2 Å². The van der Waals surface area contributed by atoms with Crippen molar-refractivity contribution in [2.75, 3.05) is 32.5 Å². The van der Waals surface area contributed by atoms with Crippen molar-refractivity contribution >= 4 is 5.69 Å². The molecule has 1 atom stereocenters. The first kappa shape index (κ1) is 16.6. The fourth-order valence-corrected chi connectivity index (χ4v) is 1.58. The van der Waals surface area contributed by atoms with Gasteiger partial charge in [-0.15, -0.1) is 0 Å². The molecule has 0 aliphatic heterocycles. The van der Waals surface area contributed by atoms with Crippen LogP contribution in [0.5, 0.6) is 5.75 Å². The van der Waals surface area contributed by atoms with Crippen molar-refractivity contribution in [3.63, 3.8) is 0 Å². The Hall–Kier alpha value is -1.47. The van der Waals surface area contributed by atoms with Gasteiger partial charge in [0.15, 0.2) is 0 Å². The summed E-state index contributed by atoms with van der Waals surface area (Å²) >= 11 is 0. The monoisotopic (exact) mass is 292 g/mol. The number of nitrogen functional groups attached to an aromatic ring is 1. The van der Waals surface area contributed by atoms with Gasteiger partial charge in [0.25, 0.3) is 0 Å². The summed E-state index contributed by atoms with van der Waals surface area (Å²) in [6, 6.07) is 6.65. The number of hydrogen-bond acceptors (Lipinski definition) is 4. The Labute approximate surface area is 115 Å². The largest absolute Gasteiger partial charge is 0.491 e. The SMILES string of the molecule is CN(CCC(F)(F)F)CC(O)COc1ccc(N)cc1. The average molecular weight is 292 g/mol. The fourth-order valence-electron chi connectivity index (χ4n) is 1.58. The highest BCUT2D eigenvalue weighted by molar-refractivity contribution is 5.41. The Morgan fingerprint density at radius 1 is 1.30 bits per heavy atom. The van der Waals surface area contributed by atoms with Crippen LogP contribution in [0.4, 0.5) is 18.9 Å². The van der Waals surface area contributed by atoms with Crippen molar-refractivity contribution in [2.45, 2.75) is 18.7 Å². The second-order valence-corrected chi connectivity index (χ2v) is 4.66. The number of ether oxygens (including phenoxy) is 1. The van der Waals surface area contributed by atoms with Crippen LogP contribution in [0, 0.1) is 0 Å². The minimum Gasteiger partial charge on any atom is -0.491 e. The summed E-state index contributed by atoms with van der Waals surface area (Å²) in [5.41, 5.74) is 6.12. The third-order valence-corrected chi connectivity index (χ3v) is 2.62. The van der Waals surface area contributed by atoms with E-state index in [1.165, 1.54) is 11.9 Å². The molecule has 7 heteroatoms. The molecule has 0 saturated carbocycles. The van der Waals surface area contributed by atoms with Gasteiger partial charge in [0.1, 0.15) is 18.5 Å². The highest BCUT2D eigenvalue weighted by Crippen LogP contribution is 2.19. The minimum absolute atomic E-state index is 0.0142. The Kier molecular flexibility index (Phi) is 6.09. The summed E-state index contributed by atoms with van der Waals surface area (Å²) in [4.78, 5) is 1.42. The molecule has 0 spiro atoms. The maximum Gasteiger partial charge on any atom is 0.390 e. The lowest BCUT2D eigenvalue weighted by molar-refractivity contribution is -0.138. The molecule has 1 rings (SSSR count). The van der Waals surface area contributed by atoms with Crippen LogP contribution in [0.15, 0.2) is 24.3 Å². The molecule has 0 heterocycles. The first-order valence-corrected chi connectivity index (χ1v) is 6.18. The lowest BCUT2D eigenvalue weighted by atomic mass is 10.3. The van der Waals surface area contributed by atoms with Gasteiger partial charge < -0.3 is 20.5 Å². The zero-order valence-corrected chi connectivity index (χ0v) is 11.2. The van der Waals surface area contributed by atoms with Crippen LogP contribution >= 0.6 is 0 Å². The zero-order chi connectivity index (χ0) is 15.2. The highest BCUT2D eigenvalue weighted by Gasteiger charge is 2.27. The molecule has 0 amide bonds. The number of rotatable bonds is 7. The Morgan fingerprint density at radius 3 is 2.45 bits per heavy atom. The molecule has 114 valence electrons. The van der Waals surface area contributed by atoms with Gasteiger partial charge in [-0.3, -0.25) is 0 Å². The lowest BCUT2D eigenvalue weighted by Crippen LogP contribution is -2.35.